The maximum atomic E-state index is 6.17. The maximum absolute atomic E-state index is 6.17. The highest BCUT2D eigenvalue weighted by molar-refractivity contribution is 9.10. The molecule has 1 atom stereocenters. The Balaban J connectivity index is 2.01. The van der Waals surface area contributed by atoms with Gasteiger partial charge in [0.25, 0.3) is 0 Å². The summed E-state index contributed by atoms with van der Waals surface area (Å²) in [4.78, 5) is 7.47. The lowest BCUT2D eigenvalue weighted by Crippen LogP contribution is -2.32. The molecule has 1 aliphatic rings. The van der Waals surface area contributed by atoms with Crippen molar-refractivity contribution in [1.29, 1.82) is 0 Å². The third kappa shape index (κ3) is 3.22. The Labute approximate surface area is 147 Å². The fourth-order valence-corrected chi connectivity index (χ4v) is 5.81. The molecule has 0 bridgehead atoms. The largest absolute Gasteiger partial charge is 0.309 e. The highest BCUT2D eigenvalue weighted by Gasteiger charge is 2.34. The molecular formula is C15H18BrClN2S2. The molecule has 0 spiro atoms. The first-order chi connectivity index (χ1) is 9.89. The van der Waals surface area contributed by atoms with Crippen LogP contribution in [0.15, 0.2) is 10.5 Å². The van der Waals surface area contributed by atoms with E-state index in [2.05, 4.69) is 48.1 Å². The quantitative estimate of drug-likeness (QED) is 0.686. The van der Waals surface area contributed by atoms with Crippen molar-refractivity contribution in [3.63, 3.8) is 0 Å². The van der Waals surface area contributed by atoms with Gasteiger partial charge in [0, 0.05) is 15.4 Å². The van der Waals surface area contributed by atoms with E-state index in [9.17, 15) is 0 Å². The second-order valence-corrected chi connectivity index (χ2v) is 9.76. The number of aromatic nitrogens is 1. The minimum atomic E-state index is 0.304. The van der Waals surface area contributed by atoms with Crippen LogP contribution in [0.25, 0.3) is 9.88 Å². The fraction of sp³-hybridized carbons (Fsp3) is 0.533. The lowest BCUT2D eigenvalue weighted by Gasteiger charge is -2.34. The van der Waals surface area contributed by atoms with Gasteiger partial charge in [-0.2, -0.15) is 0 Å². The molecule has 21 heavy (non-hydrogen) atoms. The van der Waals surface area contributed by atoms with Gasteiger partial charge in [-0.1, -0.05) is 32.4 Å². The van der Waals surface area contributed by atoms with Crippen LogP contribution in [-0.4, -0.2) is 11.5 Å². The van der Waals surface area contributed by atoms with Gasteiger partial charge in [0.1, 0.15) is 9.34 Å². The Kier molecular flexibility index (Phi) is 4.50. The fourth-order valence-electron chi connectivity index (χ4n) is 2.90. The first-order valence-electron chi connectivity index (χ1n) is 7.08. The highest BCUT2D eigenvalue weighted by atomic mass is 79.9. The zero-order valence-electron chi connectivity index (χ0n) is 12.3. The molecule has 0 amide bonds. The lowest BCUT2D eigenvalue weighted by molar-refractivity contribution is 0.260. The van der Waals surface area contributed by atoms with E-state index >= 15 is 0 Å². The minimum absolute atomic E-state index is 0.304. The van der Waals surface area contributed by atoms with Gasteiger partial charge in [-0.15, -0.1) is 22.7 Å². The number of halogens is 2. The average molecular weight is 406 g/mol. The first kappa shape index (κ1) is 15.9. The van der Waals surface area contributed by atoms with Crippen molar-refractivity contribution >= 4 is 50.2 Å². The molecule has 114 valence electrons. The molecule has 0 radical (unpaired) electrons. The van der Waals surface area contributed by atoms with Crippen LogP contribution >= 0.6 is 50.2 Å². The molecule has 1 unspecified atom stereocenters. The van der Waals surface area contributed by atoms with E-state index in [1.165, 1.54) is 17.0 Å². The molecule has 2 heterocycles. The number of thiazole rings is 1. The third-order valence-corrected chi connectivity index (χ3v) is 7.61. The number of hydrogen-bond acceptors (Lipinski definition) is 4. The molecule has 2 aromatic rings. The smallest absolute Gasteiger partial charge is 0.134 e. The summed E-state index contributed by atoms with van der Waals surface area (Å²) in [7, 11) is 0. The van der Waals surface area contributed by atoms with E-state index in [-0.39, 0.29) is 0 Å². The third-order valence-electron chi connectivity index (χ3n) is 3.75. The number of thiophene rings is 1. The molecule has 3 rings (SSSR count). The molecular weight excluding hydrogens is 388 g/mol. The first-order valence-corrected chi connectivity index (χ1v) is 9.88. The van der Waals surface area contributed by atoms with Gasteiger partial charge >= 0.3 is 0 Å². The van der Waals surface area contributed by atoms with Crippen molar-refractivity contribution in [1.82, 2.24) is 10.3 Å². The van der Waals surface area contributed by atoms with Crippen molar-refractivity contribution in [3.05, 3.63) is 25.4 Å². The van der Waals surface area contributed by atoms with E-state index in [0.717, 1.165) is 31.7 Å². The van der Waals surface area contributed by atoms with Gasteiger partial charge < -0.3 is 5.32 Å². The molecule has 1 N–H and O–H groups in total. The summed E-state index contributed by atoms with van der Waals surface area (Å²) in [5.41, 5.74) is 1.57. The summed E-state index contributed by atoms with van der Waals surface area (Å²) in [5, 5.41) is 4.71. The second-order valence-electron chi connectivity index (χ2n) is 6.22. The van der Waals surface area contributed by atoms with Crippen LogP contribution in [0.2, 0.25) is 4.34 Å². The Morgan fingerprint density at radius 3 is 2.86 bits per heavy atom. The van der Waals surface area contributed by atoms with Gasteiger partial charge in [-0.3, -0.25) is 0 Å². The summed E-state index contributed by atoms with van der Waals surface area (Å²) < 4.78 is 1.75. The lowest BCUT2D eigenvalue weighted by atomic mass is 9.76. The van der Waals surface area contributed by atoms with E-state index < -0.39 is 0 Å². The van der Waals surface area contributed by atoms with Crippen LogP contribution in [0.5, 0.6) is 0 Å². The number of fused-ring (bicyclic) bond motifs is 1. The number of nitrogens with one attached hydrogen (secondary N) is 1. The Morgan fingerprint density at radius 2 is 2.24 bits per heavy atom. The predicted molar refractivity (Wildman–Crippen MR) is 96.7 cm³/mol. The van der Waals surface area contributed by atoms with Crippen molar-refractivity contribution in [2.75, 3.05) is 6.54 Å². The average Bonchev–Trinajstić information content (AvgIpc) is 2.93. The monoisotopic (exact) mass is 404 g/mol. The summed E-state index contributed by atoms with van der Waals surface area (Å²) in [6.07, 6.45) is 2.23. The molecule has 0 saturated heterocycles. The molecule has 0 fully saturated rings. The van der Waals surface area contributed by atoms with Crippen LogP contribution in [0, 0.1) is 5.41 Å². The van der Waals surface area contributed by atoms with E-state index in [0.29, 0.717) is 11.5 Å². The van der Waals surface area contributed by atoms with Crippen LogP contribution in [0.1, 0.15) is 43.8 Å². The Morgan fingerprint density at radius 1 is 1.48 bits per heavy atom. The molecule has 2 nitrogen and oxygen atoms in total. The summed E-state index contributed by atoms with van der Waals surface area (Å²) in [5.74, 6) is 0. The van der Waals surface area contributed by atoms with E-state index in [4.69, 9.17) is 16.6 Å². The normalized spacial score (nSPS) is 20.5. The van der Waals surface area contributed by atoms with Gasteiger partial charge in [0.15, 0.2) is 0 Å². The summed E-state index contributed by atoms with van der Waals surface area (Å²) >= 11 is 13.1. The highest BCUT2D eigenvalue weighted by Crippen LogP contribution is 2.46. The van der Waals surface area contributed by atoms with Gasteiger partial charge in [0.05, 0.1) is 10.6 Å². The van der Waals surface area contributed by atoms with E-state index in [1.54, 1.807) is 11.3 Å². The van der Waals surface area contributed by atoms with Crippen molar-refractivity contribution in [2.24, 2.45) is 5.41 Å². The number of rotatable bonds is 3. The van der Waals surface area contributed by atoms with Crippen LogP contribution < -0.4 is 5.32 Å². The predicted octanol–water partition coefficient (Wildman–Crippen LogP) is 5.91. The SMILES string of the molecule is CCNC1CC(C)(C)Cc2nc(-c3cc(Br)c(Cl)s3)sc21. The van der Waals surface area contributed by atoms with E-state index in [1.807, 2.05) is 11.3 Å². The van der Waals surface area contributed by atoms with Gasteiger partial charge in [-0.05, 0) is 46.8 Å². The summed E-state index contributed by atoms with van der Waals surface area (Å²) in [6, 6.07) is 2.50. The molecule has 1 aliphatic carbocycles. The second kappa shape index (κ2) is 5.93. The van der Waals surface area contributed by atoms with Gasteiger partial charge in [-0.25, -0.2) is 4.98 Å². The van der Waals surface area contributed by atoms with Crippen LogP contribution in [-0.2, 0) is 6.42 Å². The van der Waals surface area contributed by atoms with Crippen molar-refractivity contribution in [3.8, 4) is 9.88 Å². The minimum Gasteiger partial charge on any atom is -0.309 e. The van der Waals surface area contributed by atoms with Gasteiger partial charge in [0.2, 0.25) is 0 Å². The van der Waals surface area contributed by atoms with Crippen molar-refractivity contribution < 1.29 is 0 Å². The maximum Gasteiger partial charge on any atom is 0.134 e. The molecule has 2 aromatic heterocycles. The van der Waals surface area contributed by atoms with Crippen LogP contribution in [0.4, 0.5) is 0 Å². The Bertz CT molecular complexity index is 643. The molecule has 6 heteroatoms. The topological polar surface area (TPSA) is 24.9 Å². The summed E-state index contributed by atoms with van der Waals surface area (Å²) in [6.45, 7) is 7.82. The molecule has 0 aliphatic heterocycles. The van der Waals surface area contributed by atoms with Crippen molar-refractivity contribution in [2.45, 2.75) is 39.7 Å². The number of hydrogen-bond donors (Lipinski definition) is 1. The van der Waals surface area contributed by atoms with Crippen LogP contribution in [0.3, 0.4) is 0 Å². The zero-order valence-corrected chi connectivity index (χ0v) is 16.3. The zero-order chi connectivity index (χ0) is 15.2. The Hall–Kier alpha value is 0.0600. The standard InChI is InChI=1S/C15H18BrClN2S2/c1-4-18-9-6-15(2,3)7-10-12(9)21-14(19-10)11-5-8(16)13(17)20-11/h5,9,18H,4,6-7H2,1-3H3. The molecule has 0 aromatic carbocycles. The molecule has 0 saturated carbocycles. The number of nitrogens with zero attached hydrogens (tertiary/aromatic N) is 1.